The van der Waals surface area contributed by atoms with Gasteiger partial charge < -0.3 is 0 Å². The molecule has 0 bridgehead atoms. The van der Waals surface area contributed by atoms with Gasteiger partial charge in [-0.25, -0.2) is 4.98 Å². The first kappa shape index (κ1) is 14.6. The normalized spacial score (nSPS) is 13.2. The highest BCUT2D eigenvalue weighted by Crippen LogP contribution is 2.35. The average Bonchev–Trinajstić information content (AvgIpc) is 2.95. The van der Waals surface area contributed by atoms with Gasteiger partial charge in [-0.2, -0.15) is 0 Å². The zero-order chi connectivity index (χ0) is 15.8. The minimum Gasteiger partial charge on any atom is -0.257 e. The van der Waals surface area contributed by atoms with Crippen molar-refractivity contribution >= 4 is 45.6 Å². The van der Waals surface area contributed by atoms with Gasteiger partial charge in [-0.05, 0) is 42.7 Å². The van der Waals surface area contributed by atoms with Gasteiger partial charge in [-0.3, -0.25) is 9.98 Å². The lowest BCUT2D eigenvalue weighted by Gasteiger charge is -2.02. The topological polar surface area (TPSA) is 38.1 Å². The third-order valence-corrected chi connectivity index (χ3v) is 4.68. The van der Waals surface area contributed by atoms with E-state index < -0.39 is 0 Å². The summed E-state index contributed by atoms with van der Waals surface area (Å²) in [5.74, 6) is 0. The number of aromatic nitrogens is 2. The van der Waals surface area contributed by atoms with Crippen LogP contribution in [0.3, 0.4) is 0 Å². The fraction of sp³-hybridized carbons (Fsp3) is 0.167. The Bertz CT molecular complexity index is 935. The third-order valence-electron chi connectivity index (χ3n) is 3.96. The van der Waals surface area contributed by atoms with Crippen molar-refractivity contribution in [2.24, 2.45) is 4.99 Å². The van der Waals surface area contributed by atoms with Gasteiger partial charge in [0.25, 0.3) is 0 Å². The number of rotatable bonds is 3. The first-order valence-corrected chi connectivity index (χ1v) is 8.20. The molecule has 3 aromatic rings. The molecule has 0 saturated carbocycles. The van der Waals surface area contributed by atoms with E-state index in [-0.39, 0.29) is 0 Å². The summed E-state index contributed by atoms with van der Waals surface area (Å²) in [6.45, 7) is 0. The van der Waals surface area contributed by atoms with E-state index >= 15 is 0 Å². The molecule has 0 atom stereocenters. The van der Waals surface area contributed by atoms with Crippen LogP contribution in [0.1, 0.15) is 17.7 Å². The quantitative estimate of drug-likeness (QED) is 0.656. The van der Waals surface area contributed by atoms with Crippen molar-refractivity contribution in [1.82, 2.24) is 9.97 Å². The second-order valence-electron chi connectivity index (χ2n) is 5.60. The molecule has 2 heterocycles. The van der Waals surface area contributed by atoms with Crippen molar-refractivity contribution in [1.29, 1.82) is 0 Å². The van der Waals surface area contributed by atoms with E-state index in [2.05, 4.69) is 15.0 Å². The van der Waals surface area contributed by atoms with Crippen molar-refractivity contribution < 1.29 is 0 Å². The molecule has 4 rings (SSSR count). The van der Waals surface area contributed by atoms with Crippen LogP contribution in [0.25, 0.3) is 11.0 Å². The lowest BCUT2D eigenvalue weighted by Crippen LogP contribution is -2.02. The number of aliphatic imine (C=N–C) groups is 1. The highest BCUT2D eigenvalue weighted by atomic mass is 35.5. The number of fused-ring (bicyclic) bond motifs is 2. The number of hydrogen-bond acceptors (Lipinski definition) is 3. The van der Waals surface area contributed by atoms with Crippen molar-refractivity contribution in [3.8, 4) is 0 Å². The summed E-state index contributed by atoms with van der Waals surface area (Å²) >= 11 is 12.1. The Hall–Kier alpha value is -1.97. The number of halogens is 2. The van der Waals surface area contributed by atoms with E-state index in [1.165, 1.54) is 0 Å². The molecular formula is C18H13Cl2N3. The molecule has 0 saturated heterocycles. The van der Waals surface area contributed by atoms with Crippen molar-refractivity contribution in [2.45, 2.75) is 19.3 Å². The monoisotopic (exact) mass is 341 g/mol. The molecule has 0 aliphatic carbocycles. The molecule has 114 valence electrons. The van der Waals surface area contributed by atoms with Gasteiger partial charge in [0.15, 0.2) is 0 Å². The lowest BCUT2D eigenvalue weighted by molar-refractivity contribution is 0.959. The summed E-state index contributed by atoms with van der Waals surface area (Å²) in [5, 5.41) is 1.14. The van der Waals surface area contributed by atoms with Crippen LogP contribution in [0.15, 0.2) is 47.6 Å². The van der Waals surface area contributed by atoms with Gasteiger partial charge in [-0.1, -0.05) is 35.3 Å². The molecular weight excluding hydrogens is 329 g/mol. The van der Waals surface area contributed by atoms with Gasteiger partial charge in [0.2, 0.25) is 0 Å². The Balaban J connectivity index is 1.50. The van der Waals surface area contributed by atoms with Gasteiger partial charge >= 0.3 is 0 Å². The summed E-state index contributed by atoms with van der Waals surface area (Å²) in [6, 6.07) is 11.6. The summed E-state index contributed by atoms with van der Waals surface area (Å²) in [4.78, 5) is 13.8. The number of benzene rings is 2. The maximum Gasteiger partial charge on any atom is 0.0890 e. The van der Waals surface area contributed by atoms with E-state index in [1.807, 2.05) is 42.6 Å². The highest BCUT2D eigenvalue weighted by Gasteiger charge is 2.16. The third kappa shape index (κ3) is 2.94. The van der Waals surface area contributed by atoms with Crippen molar-refractivity contribution in [2.75, 3.05) is 0 Å². The zero-order valence-electron chi connectivity index (χ0n) is 12.3. The largest absolute Gasteiger partial charge is 0.257 e. The second-order valence-corrected chi connectivity index (χ2v) is 6.41. The second kappa shape index (κ2) is 5.91. The van der Waals surface area contributed by atoms with Crippen LogP contribution in [-0.2, 0) is 12.8 Å². The van der Waals surface area contributed by atoms with Gasteiger partial charge in [0, 0.05) is 18.3 Å². The Morgan fingerprint density at radius 2 is 1.74 bits per heavy atom. The predicted molar refractivity (Wildman–Crippen MR) is 95.1 cm³/mol. The molecule has 0 fully saturated rings. The highest BCUT2D eigenvalue weighted by molar-refractivity contribution is 6.42. The standard InChI is InChI=1S/C18H13Cl2N3/c19-14-8-11-7-12(22-18(11)9-15(14)20)5-6-13-10-21-16-3-1-2-4-17(16)23-13/h1-4,8-10H,5-7H2. The van der Waals surface area contributed by atoms with E-state index in [0.29, 0.717) is 10.0 Å². The smallest absolute Gasteiger partial charge is 0.0890 e. The van der Waals surface area contributed by atoms with E-state index in [4.69, 9.17) is 23.2 Å². The van der Waals surface area contributed by atoms with Crippen LogP contribution < -0.4 is 0 Å². The molecule has 2 aromatic carbocycles. The molecule has 0 N–H and O–H groups in total. The van der Waals surface area contributed by atoms with E-state index in [9.17, 15) is 0 Å². The van der Waals surface area contributed by atoms with Crippen LogP contribution in [-0.4, -0.2) is 15.7 Å². The van der Waals surface area contributed by atoms with Gasteiger partial charge in [0.1, 0.15) is 0 Å². The van der Waals surface area contributed by atoms with Crippen molar-refractivity contribution in [3.05, 3.63) is 63.9 Å². The molecule has 1 aliphatic heterocycles. The van der Waals surface area contributed by atoms with Crippen LogP contribution in [0, 0.1) is 0 Å². The molecule has 0 amide bonds. The molecule has 1 aromatic heterocycles. The molecule has 1 aliphatic rings. The summed E-state index contributed by atoms with van der Waals surface area (Å²) in [5.41, 5.74) is 6.04. The molecule has 0 spiro atoms. The molecule has 5 heteroatoms. The Morgan fingerprint density at radius 3 is 2.61 bits per heavy atom. The summed E-state index contributed by atoms with van der Waals surface area (Å²) < 4.78 is 0. The molecule has 3 nitrogen and oxygen atoms in total. The number of para-hydroxylation sites is 2. The number of hydrogen-bond donors (Lipinski definition) is 0. The molecule has 0 radical (unpaired) electrons. The van der Waals surface area contributed by atoms with Crippen molar-refractivity contribution in [3.63, 3.8) is 0 Å². The fourth-order valence-electron chi connectivity index (χ4n) is 2.79. The minimum absolute atomic E-state index is 0.552. The van der Waals surface area contributed by atoms with E-state index in [1.54, 1.807) is 0 Å². The van der Waals surface area contributed by atoms with Crippen LogP contribution in [0.5, 0.6) is 0 Å². The predicted octanol–water partition coefficient (Wildman–Crippen LogP) is 5.20. The first-order chi connectivity index (χ1) is 11.2. The van der Waals surface area contributed by atoms with E-state index in [0.717, 1.165) is 53.0 Å². The molecule has 23 heavy (non-hydrogen) atoms. The fourth-order valence-corrected chi connectivity index (χ4v) is 3.13. The SMILES string of the molecule is Clc1cc2c(cc1Cl)N=C(CCc1cnc3ccccc3n1)C2. The number of nitrogens with zero attached hydrogens (tertiary/aromatic N) is 3. The van der Waals surface area contributed by atoms with Gasteiger partial charge in [-0.15, -0.1) is 0 Å². The molecule has 0 unspecified atom stereocenters. The lowest BCUT2D eigenvalue weighted by atomic mass is 10.1. The Morgan fingerprint density at radius 1 is 0.957 bits per heavy atom. The van der Waals surface area contributed by atoms with Crippen LogP contribution in [0.2, 0.25) is 10.0 Å². The maximum absolute atomic E-state index is 6.07. The minimum atomic E-state index is 0.552. The maximum atomic E-state index is 6.07. The average molecular weight is 342 g/mol. The Kier molecular flexibility index (Phi) is 3.76. The first-order valence-electron chi connectivity index (χ1n) is 7.44. The van der Waals surface area contributed by atoms with Gasteiger partial charge in [0.05, 0.1) is 32.5 Å². The van der Waals surface area contributed by atoms with Crippen LogP contribution >= 0.6 is 23.2 Å². The number of aryl methyl sites for hydroxylation is 1. The zero-order valence-corrected chi connectivity index (χ0v) is 13.8. The Labute approximate surface area is 144 Å². The summed E-state index contributed by atoms with van der Waals surface area (Å²) in [7, 11) is 0. The van der Waals surface area contributed by atoms with Crippen LogP contribution in [0.4, 0.5) is 5.69 Å². The summed E-state index contributed by atoms with van der Waals surface area (Å²) in [6.07, 6.45) is 4.36.